The van der Waals surface area contributed by atoms with Crippen molar-refractivity contribution in [1.29, 1.82) is 0 Å². The van der Waals surface area contributed by atoms with Gasteiger partial charge in [-0.3, -0.25) is 9.59 Å². The van der Waals surface area contributed by atoms with E-state index in [2.05, 4.69) is 0 Å². The van der Waals surface area contributed by atoms with Crippen molar-refractivity contribution in [2.75, 3.05) is 7.11 Å². The fraction of sp³-hybridized carbons (Fsp3) is 0.636. The summed E-state index contributed by atoms with van der Waals surface area (Å²) in [6.45, 7) is 3.29. The first-order valence-electron chi connectivity index (χ1n) is 4.82. The molecule has 0 aromatic heterocycles. The van der Waals surface area contributed by atoms with Gasteiger partial charge in [0.25, 0.3) is 0 Å². The van der Waals surface area contributed by atoms with E-state index in [-0.39, 0.29) is 5.78 Å². The second-order valence-corrected chi connectivity index (χ2v) is 3.73. The van der Waals surface area contributed by atoms with E-state index in [1.807, 2.05) is 13.0 Å². The Hall–Kier alpha value is -1.12. The lowest BCUT2D eigenvalue weighted by molar-refractivity contribution is -0.155. The van der Waals surface area contributed by atoms with E-state index in [9.17, 15) is 9.59 Å². The van der Waals surface area contributed by atoms with E-state index in [4.69, 9.17) is 4.74 Å². The van der Waals surface area contributed by atoms with E-state index >= 15 is 0 Å². The maximum Gasteiger partial charge on any atom is 0.323 e. The molecule has 1 unspecified atom stereocenters. The lowest BCUT2D eigenvalue weighted by atomic mass is 9.70. The first kappa shape index (κ1) is 11.0. The summed E-state index contributed by atoms with van der Waals surface area (Å²) in [5.74, 6) is -0.531. The van der Waals surface area contributed by atoms with Crippen LogP contribution in [0.1, 0.15) is 33.1 Å². The third-order valence-corrected chi connectivity index (χ3v) is 3.01. The highest BCUT2D eigenvalue weighted by Crippen LogP contribution is 2.39. The second-order valence-electron chi connectivity index (χ2n) is 3.73. The largest absolute Gasteiger partial charge is 0.468 e. The molecule has 1 rings (SSSR count). The topological polar surface area (TPSA) is 43.4 Å². The van der Waals surface area contributed by atoms with Crippen LogP contribution in [0.25, 0.3) is 0 Å². The smallest absolute Gasteiger partial charge is 0.323 e. The van der Waals surface area contributed by atoms with E-state index in [0.717, 1.165) is 18.4 Å². The minimum absolute atomic E-state index is 0.113. The molecule has 0 saturated heterocycles. The maximum atomic E-state index is 11.7. The zero-order chi connectivity index (χ0) is 10.8. The first-order valence-corrected chi connectivity index (χ1v) is 4.82. The molecule has 0 bridgehead atoms. The summed E-state index contributed by atoms with van der Waals surface area (Å²) in [5.41, 5.74) is -0.157. The van der Waals surface area contributed by atoms with Gasteiger partial charge in [-0.15, -0.1) is 0 Å². The van der Waals surface area contributed by atoms with Crippen molar-refractivity contribution in [3.8, 4) is 0 Å². The minimum Gasteiger partial charge on any atom is -0.468 e. The minimum atomic E-state index is -0.993. The van der Waals surface area contributed by atoms with Crippen LogP contribution >= 0.6 is 0 Å². The van der Waals surface area contributed by atoms with Gasteiger partial charge in [-0.05, 0) is 33.1 Å². The van der Waals surface area contributed by atoms with Crippen LogP contribution in [-0.2, 0) is 14.3 Å². The molecule has 14 heavy (non-hydrogen) atoms. The molecule has 1 aliphatic carbocycles. The van der Waals surface area contributed by atoms with Gasteiger partial charge < -0.3 is 4.74 Å². The molecule has 0 heterocycles. The third-order valence-electron chi connectivity index (χ3n) is 3.01. The van der Waals surface area contributed by atoms with Crippen molar-refractivity contribution < 1.29 is 14.3 Å². The van der Waals surface area contributed by atoms with Gasteiger partial charge in [-0.25, -0.2) is 0 Å². The van der Waals surface area contributed by atoms with Crippen LogP contribution in [0, 0.1) is 5.41 Å². The number of hydrogen-bond donors (Lipinski definition) is 0. The number of methoxy groups -OCH3 is 1. The third kappa shape index (κ3) is 1.47. The Balaban J connectivity index is 3.15. The zero-order valence-corrected chi connectivity index (χ0v) is 8.92. The Labute approximate surface area is 84.1 Å². The van der Waals surface area contributed by atoms with Gasteiger partial charge in [0.05, 0.1) is 7.11 Å². The van der Waals surface area contributed by atoms with Gasteiger partial charge in [0.2, 0.25) is 0 Å². The number of hydrogen-bond acceptors (Lipinski definition) is 3. The Morgan fingerprint density at radius 2 is 2.14 bits per heavy atom. The summed E-state index contributed by atoms with van der Waals surface area (Å²) in [6.07, 6.45) is 4.35. The molecule has 1 aliphatic rings. The molecule has 0 spiro atoms. The Bertz CT molecular complexity index is 291. The van der Waals surface area contributed by atoms with Gasteiger partial charge in [0.15, 0.2) is 5.78 Å². The summed E-state index contributed by atoms with van der Waals surface area (Å²) in [6, 6.07) is 0. The number of allylic oxidation sites excluding steroid dienone is 1. The molecule has 3 nitrogen and oxygen atoms in total. The van der Waals surface area contributed by atoms with Crippen LogP contribution in [0.5, 0.6) is 0 Å². The molecule has 0 aromatic carbocycles. The average molecular weight is 196 g/mol. The fourth-order valence-electron chi connectivity index (χ4n) is 2.09. The monoisotopic (exact) mass is 196 g/mol. The molecule has 0 aromatic rings. The molecule has 78 valence electrons. The molecule has 0 fully saturated rings. The number of esters is 1. The number of rotatable bonds is 2. The van der Waals surface area contributed by atoms with Gasteiger partial charge in [-0.2, -0.15) is 0 Å². The Kier molecular flexibility index (Phi) is 3.09. The summed E-state index contributed by atoms with van der Waals surface area (Å²) < 4.78 is 4.72. The first-order chi connectivity index (χ1) is 6.55. The molecule has 3 heteroatoms. The van der Waals surface area contributed by atoms with Crippen LogP contribution < -0.4 is 0 Å². The van der Waals surface area contributed by atoms with Crippen molar-refractivity contribution in [2.24, 2.45) is 5.41 Å². The second kappa shape index (κ2) is 3.95. The number of Topliss-reactive ketones (excluding diaryl/α,β-unsaturated/α-hetero) is 1. The molecule has 0 aliphatic heterocycles. The van der Waals surface area contributed by atoms with Crippen LogP contribution in [0.2, 0.25) is 0 Å². The molecular formula is C11H16O3. The van der Waals surface area contributed by atoms with E-state index in [0.29, 0.717) is 6.42 Å². The highest BCUT2D eigenvalue weighted by Gasteiger charge is 2.46. The van der Waals surface area contributed by atoms with Gasteiger partial charge in [0, 0.05) is 0 Å². The number of ether oxygens (including phenoxy) is 1. The standard InChI is InChI=1S/C11H16O3/c1-8-6-4-5-7-11(8,9(2)12)10(13)14-3/h6H,4-5,7H2,1-3H3. The lowest BCUT2D eigenvalue weighted by Crippen LogP contribution is -2.41. The molecule has 0 radical (unpaired) electrons. The van der Waals surface area contributed by atoms with Crippen molar-refractivity contribution in [2.45, 2.75) is 33.1 Å². The highest BCUT2D eigenvalue weighted by molar-refractivity contribution is 6.06. The number of carbonyl (C=O) groups is 2. The normalized spacial score (nSPS) is 26.6. The summed E-state index contributed by atoms with van der Waals surface area (Å²) in [5, 5.41) is 0. The van der Waals surface area contributed by atoms with Crippen LogP contribution in [0.4, 0.5) is 0 Å². The summed E-state index contributed by atoms with van der Waals surface area (Å²) >= 11 is 0. The predicted octanol–water partition coefficient (Wildman–Crippen LogP) is 1.86. The lowest BCUT2D eigenvalue weighted by Gasteiger charge is -2.32. The van der Waals surface area contributed by atoms with E-state index in [1.165, 1.54) is 14.0 Å². The highest BCUT2D eigenvalue weighted by atomic mass is 16.5. The van der Waals surface area contributed by atoms with Crippen LogP contribution in [0.15, 0.2) is 11.6 Å². The van der Waals surface area contributed by atoms with Crippen molar-refractivity contribution in [1.82, 2.24) is 0 Å². The summed E-state index contributed by atoms with van der Waals surface area (Å²) in [4.78, 5) is 23.2. The van der Waals surface area contributed by atoms with Crippen molar-refractivity contribution >= 4 is 11.8 Å². The Morgan fingerprint density at radius 3 is 2.57 bits per heavy atom. The van der Waals surface area contributed by atoms with Crippen molar-refractivity contribution in [3.05, 3.63) is 11.6 Å². The molecular weight excluding hydrogens is 180 g/mol. The molecule has 0 N–H and O–H groups in total. The average Bonchev–Trinajstić information content (AvgIpc) is 2.17. The SMILES string of the molecule is COC(=O)C1(C(C)=O)CCCC=C1C. The number of carbonyl (C=O) groups excluding carboxylic acids is 2. The predicted molar refractivity (Wildman–Crippen MR) is 52.7 cm³/mol. The summed E-state index contributed by atoms with van der Waals surface area (Å²) in [7, 11) is 1.33. The van der Waals surface area contributed by atoms with Gasteiger partial charge in [-0.1, -0.05) is 11.6 Å². The fourth-order valence-corrected chi connectivity index (χ4v) is 2.09. The van der Waals surface area contributed by atoms with E-state index < -0.39 is 11.4 Å². The van der Waals surface area contributed by atoms with Crippen LogP contribution in [0.3, 0.4) is 0 Å². The zero-order valence-electron chi connectivity index (χ0n) is 8.92. The number of ketones is 1. The maximum absolute atomic E-state index is 11.7. The van der Waals surface area contributed by atoms with Crippen LogP contribution in [-0.4, -0.2) is 18.9 Å². The molecule has 0 saturated carbocycles. The Morgan fingerprint density at radius 1 is 1.50 bits per heavy atom. The molecule has 0 amide bonds. The van der Waals surface area contributed by atoms with Gasteiger partial charge in [0.1, 0.15) is 5.41 Å². The molecule has 1 atom stereocenters. The quantitative estimate of drug-likeness (QED) is 0.384. The van der Waals surface area contributed by atoms with Gasteiger partial charge >= 0.3 is 5.97 Å². The van der Waals surface area contributed by atoms with Crippen molar-refractivity contribution in [3.63, 3.8) is 0 Å². The van der Waals surface area contributed by atoms with E-state index in [1.54, 1.807) is 0 Å².